The SMILES string of the molecule is COc1c(N)cccc1-c1noc(CN2CCOCC2)n1. The fourth-order valence-corrected chi connectivity index (χ4v) is 2.34. The number of anilines is 1. The van der Waals surface area contributed by atoms with Gasteiger partial charge in [-0.25, -0.2) is 0 Å². The molecule has 0 spiro atoms. The molecule has 0 radical (unpaired) electrons. The van der Waals surface area contributed by atoms with Crippen LogP contribution in [0.4, 0.5) is 5.69 Å². The molecule has 0 atom stereocenters. The minimum atomic E-state index is 0.488. The van der Waals surface area contributed by atoms with E-state index in [9.17, 15) is 0 Å². The molecule has 1 saturated heterocycles. The van der Waals surface area contributed by atoms with Crippen LogP contribution in [-0.4, -0.2) is 48.5 Å². The van der Waals surface area contributed by atoms with Crippen molar-refractivity contribution in [2.24, 2.45) is 0 Å². The molecule has 0 unspecified atom stereocenters. The molecule has 1 aliphatic heterocycles. The third kappa shape index (κ3) is 2.98. The number of nitrogens with two attached hydrogens (primary N) is 1. The first-order valence-electron chi connectivity index (χ1n) is 6.83. The smallest absolute Gasteiger partial charge is 0.241 e. The summed E-state index contributed by atoms with van der Waals surface area (Å²) in [7, 11) is 1.57. The van der Waals surface area contributed by atoms with Crippen molar-refractivity contribution >= 4 is 5.69 Å². The van der Waals surface area contributed by atoms with Crippen LogP contribution in [0.15, 0.2) is 22.7 Å². The molecule has 2 aromatic rings. The highest BCUT2D eigenvalue weighted by atomic mass is 16.5. The van der Waals surface area contributed by atoms with E-state index in [0.717, 1.165) is 31.9 Å². The molecule has 2 N–H and O–H groups in total. The highest BCUT2D eigenvalue weighted by Gasteiger charge is 2.18. The van der Waals surface area contributed by atoms with Crippen LogP contribution in [-0.2, 0) is 11.3 Å². The minimum Gasteiger partial charge on any atom is -0.494 e. The van der Waals surface area contributed by atoms with Crippen LogP contribution >= 0.6 is 0 Å². The molecule has 1 aromatic heterocycles. The van der Waals surface area contributed by atoms with Crippen molar-refractivity contribution in [1.29, 1.82) is 0 Å². The molecule has 0 saturated carbocycles. The predicted molar refractivity (Wildman–Crippen MR) is 76.8 cm³/mol. The number of morpholine rings is 1. The van der Waals surface area contributed by atoms with E-state index in [2.05, 4.69) is 15.0 Å². The van der Waals surface area contributed by atoms with Gasteiger partial charge in [0.15, 0.2) is 5.75 Å². The summed E-state index contributed by atoms with van der Waals surface area (Å²) < 4.78 is 16.0. The highest BCUT2D eigenvalue weighted by molar-refractivity contribution is 5.72. The third-order valence-corrected chi connectivity index (χ3v) is 3.42. The number of aromatic nitrogens is 2. The minimum absolute atomic E-state index is 0.488. The molecule has 3 rings (SSSR count). The summed E-state index contributed by atoms with van der Waals surface area (Å²) in [6.07, 6.45) is 0. The summed E-state index contributed by atoms with van der Waals surface area (Å²) in [5.41, 5.74) is 7.17. The van der Waals surface area contributed by atoms with Gasteiger partial charge >= 0.3 is 0 Å². The lowest BCUT2D eigenvalue weighted by atomic mass is 10.1. The summed E-state index contributed by atoms with van der Waals surface area (Å²) in [6, 6.07) is 5.47. The Kier molecular flexibility index (Phi) is 4.03. The van der Waals surface area contributed by atoms with Crippen molar-refractivity contribution in [1.82, 2.24) is 15.0 Å². The molecular formula is C14H18N4O3. The zero-order chi connectivity index (χ0) is 14.7. The van der Waals surface area contributed by atoms with Crippen molar-refractivity contribution < 1.29 is 14.0 Å². The number of ether oxygens (including phenoxy) is 2. The number of para-hydroxylation sites is 1. The van der Waals surface area contributed by atoms with E-state index in [1.54, 1.807) is 13.2 Å². The van der Waals surface area contributed by atoms with E-state index in [0.29, 0.717) is 29.7 Å². The van der Waals surface area contributed by atoms with Gasteiger partial charge in [-0.05, 0) is 12.1 Å². The van der Waals surface area contributed by atoms with Gasteiger partial charge < -0.3 is 19.7 Å². The van der Waals surface area contributed by atoms with Crippen molar-refractivity contribution in [2.75, 3.05) is 39.1 Å². The Hall–Kier alpha value is -2.12. The molecule has 7 nitrogen and oxygen atoms in total. The van der Waals surface area contributed by atoms with Crippen LogP contribution in [0.1, 0.15) is 5.89 Å². The topological polar surface area (TPSA) is 86.6 Å². The number of methoxy groups -OCH3 is 1. The first kappa shape index (κ1) is 13.8. The number of hydrogen-bond donors (Lipinski definition) is 1. The first-order valence-corrected chi connectivity index (χ1v) is 6.83. The number of nitrogen functional groups attached to an aromatic ring is 1. The van der Waals surface area contributed by atoms with E-state index in [1.807, 2.05) is 12.1 Å². The fraction of sp³-hybridized carbons (Fsp3) is 0.429. The molecule has 2 heterocycles. The van der Waals surface area contributed by atoms with Gasteiger partial charge in [0, 0.05) is 13.1 Å². The van der Waals surface area contributed by atoms with Gasteiger partial charge in [-0.3, -0.25) is 4.90 Å². The Morgan fingerprint density at radius 2 is 2.14 bits per heavy atom. The van der Waals surface area contributed by atoms with Gasteiger partial charge in [0.25, 0.3) is 0 Å². The largest absolute Gasteiger partial charge is 0.494 e. The van der Waals surface area contributed by atoms with Crippen LogP contribution < -0.4 is 10.5 Å². The number of hydrogen-bond acceptors (Lipinski definition) is 7. The van der Waals surface area contributed by atoms with Gasteiger partial charge in [-0.2, -0.15) is 4.98 Å². The van der Waals surface area contributed by atoms with Crippen LogP contribution in [0.25, 0.3) is 11.4 Å². The Labute approximate surface area is 122 Å². The summed E-state index contributed by atoms with van der Waals surface area (Å²) in [5, 5.41) is 4.02. The maximum Gasteiger partial charge on any atom is 0.241 e. The van der Waals surface area contributed by atoms with Crippen LogP contribution in [0.2, 0.25) is 0 Å². The fourth-order valence-electron chi connectivity index (χ4n) is 2.34. The molecular weight excluding hydrogens is 272 g/mol. The van der Waals surface area contributed by atoms with Crippen LogP contribution in [0, 0.1) is 0 Å². The normalized spacial score (nSPS) is 16.0. The molecule has 0 aliphatic carbocycles. The Morgan fingerprint density at radius 1 is 1.33 bits per heavy atom. The molecule has 112 valence electrons. The Bertz CT molecular complexity index is 608. The molecule has 0 amide bonds. The maximum absolute atomic E-state index is 5.89. The first-order chi connectivity index (χ1) is 10.3. The van der Waals surface area contributed by atoms with E-state index in [-0.39, 0.29) is 0 Å². The number of benzene rings is 1. The summed E-state index contributed by atoms with van der Waals surface area (Å²) in [6.45, 7) is 3.85. The molecule has 1 aliphatic rings. The lowest BCUT2D eigenvalue weighted by Crippen LogP contribution is -2.35. The standard InChI is InChI=1S/C14H18N4O3/c1-19-13-10(3-2-4-11(13)15)14-16-12(21-17-14)9-18-5-7-20-8-6-18/h2-4H,5-9,15H2,1H3. The maximum atomic E-state index is 5.89. The average Bonchev–Trinajstić information content (AvgIpc) is 2.96. The van der Waals surface area contributed by atoms with Gasteiger partial charge in [0.05, 0.1) is 38.1 Å². The second kappa shape index (κ2) is 6.11. The number of nitrogens with zero attached hydrogens (tertiary/aromatic N) is 3. The van der Waals surface area contributed by atoms with Gasteiger partial charge in [0.2, 0.25) is 11.7 Å². The molecule has 21 heavy (non-hydrogen) atoms. The summed E-state index contributed by atoms with van der Waals surface area (Å²) in [5.74, 6) is 1.63. The van der Waals surface area contributed by atoms with Crippen molar-refractivity contribution in [3.63, 3.8) is 0 Å². The van der Waals surface area contributed by atoms with E-state index < -0.39 is 0 Å². The van der Waals surface area contributed by atoms with E-state index >= 15 is 0 Å². The number of rotatable bonds is 4. The Balaban J connectivity index is 1.80. The van der Waals surface area contributed by atoms with Crippen molar-refractivity contribution in [3.8, 4) is 17.1 Å². The molecule has 1 aromatic carbocycles. The zero-order valence-electron chi connectivity index (χ0n) is 11.9. The second-order valence-corrected chi connectivity index (χ2v) is 4.83. The predicted octanol–water partition coefficient (Wildman–Crippen LogP) is 1.16. The van der Waals surface area contributed by atoms with Crippen LogP contribution in [0.5, 0.6) is 5.75 Å². The monoisotopic (exact) mass is 290 g/mol. The molecule has 0 bridgehead atoms. The van der Waals surface area contributed by atoms with Gasteiger partial charge in [-0.1, -0.05) is 11.2 Å². The van der Waals surface area contributed by atoms with Crippen molar-refractivity contribution in [3.05, 3.63) is 24.1 Å². The zero-order valence-corrected chi connectivity index (χ0v) is 11.9. The molecule has 1 fully saturated rings. The molecule has 7 heteroatoms. The average molecular weight is 290 g/mol. The lowest BCUT2D eigenvalue weighted by molar-refractivity contribution is 0.0297. The summed E-state index contributed by atoms with van der Waals surface area (Å²) in [4.78, 5) is 6.65. The quantitative estimate of drug-likeness (QED) is 0.845. The van der Waals surface area contributed by atoms with E-state index in [1.165, 1.54) is 0 Å². The highest BCUT2D eigenvalue weighted by Crippen LogP contribution is 2.32. The Morgan fingerprint density at radius 3 is 2.90 bits per heavy atom. The van der Waals surface area contributed by atoms with E-state index in [4.69, 9.17) is 19.7 Å². The van der Waals surface area contributed by atoms with Crippen molar-refractivity contribution in [2.45, 2.75) is 6.54 Å². The van der Waals surface area contributed by atoms with Gasteiger partial charge in [0.1, 0.15) is 0 Å². The summed E-state index contributed by atoms with van der Waals surface area (Å²) >= 11 is 0. The third-order valence-electron chi connectivity index (χ3n) is 3.42. The second-order valence-electron chi connectivity index (χ2n) is 4.83. The van der Waals surface area contributed by atoms with Crippen LogP contribution in [0.3, 0.4) is 0 Å². The lowest BCUT2D eigenvalue weighted by Gasteiger charge is -2.24. The van der Waals surface area contributed by atoms with Gasteiger partial charge in [-0.15, -0.1) is 0 Å².